The number of nitrogens with zero attached hydrogens (tertiary/aromatic N) is 2. The predicted octanol–water partition coefficient (Wildman–Crippen LogP) is 4.86. The number of nitrogens with two attached hydrogens (primary N) is 1. The second-order valence-corrected chi connectivity index (χ2v) is 9.04. The number of carbonyl (C=O) groups excluding carboxylic acids is 1. The van der Waals surface area contributed by atoms with E-state index >= 15 is 0 Å². The number of hydrogen-bond acceptors (Lipinski definition) is 6. The third-order valence-corrected chi connectivity index (χ3v) is 5.98. The summed E-state index contributed by atoms with van der Waals surface area (Å²) in [5.41, 5.74) is 6.71. The molecule has 1 aromatic heterocycles. The van der Waals surface area contributed by atoms with E-state index in [1.165, 1.54) is 77.0 Å². The minimum atomic E-state index is -0.685. The standard InChI is InChI=1S/C26H50N4O3/c1-3-5-7-9-11-13-15-30(16-14-12-10-8-6-4-2)17-18-32-19-20-33-26(31)25(27)21-24-22-28-23-29-24/h22-23,25H,3-21,27H2,1-2H3,(H,28,29). The van der Waals surface area contributed by atoms with Crippen LogP contribution in [0, 0.1) is 0 Å². The number of carbonyl (C=O) groups is 1. The summed E-state index contributed by atoms with van der Waals surface area (Å²) in [7, 11) is 0. The highest BCUT2D eigenvalue weighted by atomic mass is 16.6. The lowest BCUT2D eigenvalue weighted by Crippen LogP contribution is -2.35. The van der Waals surface area contributed by atoms with E-state index in [0.717, 1.165) is 25.3 Å². The van der Waals surface area contributed by atoms with Gasteiger partial charge in [0.05, 0.1) is 19.5 Å². The van der Waals surface area contributed by atoms with Crippen LogP contribution in [0.2, 0.25) is 0 Å². The summed E-state index contributed by atoms with van der Waals surface area (Å²) < 4.78 is 11.0. The fourth-order valence-corrected chi connectivity index (χ4v) is 3.89. The van der Waals surface area contributed by atoms with Crippen LogP contribution in [0.3, 0.4) is 0 Å². The monoisotopic (exact) mass is 466 g/mol. The molecular weight excluding hydrogens is 416 g/mol. The van der Waals surface area contributed by atoms with Crippen molar-refractivity contribution >= 4 is 5.97 Å². The van der Waals surface area contributed by atoms with Crippen LogP contribution in [0.5, 0.6) is 0 Å². The van der Waals surface area contributed by atoms with Crippen LogP contribution in [-0.4, -0.2) is 66.3 Å². The fraction of sp³-hybridized carbons (Fsp3) is 0.846. The van der Waals surface area contributed by atoms with Crippen molar-refractivity contribution in [3.63, 3.8) is 0 Å². The van der Waals surface area contributed by atoms with Crippen molar-refractivity contribution in [3.05, 3.63) is 18.2 Å². The zero-order chi connectivity index (χ0) is 24.0. The molecule has 1 atom stereocenters. The Hall–Kier alpha value is -1.44. The van der Waals surface area contributed by atoms with Crippen LogP contribution in [0.4, 0.5) is 0 Å². The third kappa shape index (κ3) is 16.8. The van der Waals surface area contributed by atoms with E-state index in [2.05, 4.69) is 28.7 Å². The Morgan fingerprint density at radius 3 is 2.09 bits per heavy atom. The van der Waals surface area contributed by atoms with E-state index in [4.69, 9.17) is 15.2 Å². The van der Waals surface area contributed by atoms with Gasteiger partial charge in [0.2, 0.25) is 0 Å². The van der Waals surface area contributed by atoms with Crippen LogP contribution in [0.15, 0.2) is 12.5 Å². The van der Waals surface area contributed by atoms with Gasteiger partial charge in [0.1, 0.15) is 12.6 Å². The molecule has 33 heavy (non-hydrogen) atoms. The van der Waals surface area contributed by atoms with Crippen LogP contribution in [-0.2, 0) is 20.7 Å². The van der Waals surface area contributed by atoms with E-state index in [1.54, 1.807) is 12.5 Å². The summed E-state index contributed by atoms with van der Waals surface area (Å²) in [6, 6.07) is -0.685. The Morgan fingerprint density at radius 1 is 0.909 bits per heavy atom. The van der Waals surface area contributed by atoms with Gasteiger partial charge in [-0.15, -0.1) is 0 Å². The smallest absolute Gasteiger partial charge is 0.323 e. The lowest BCUT2D eigenvalue weighted by atomic mass is 10.1. The SMILES string of the molecule is CCCCCCCCN(CCCCCCCC)CCOCCOC(=O)C(N)Cc1cnc[nH]1. The zero-order valence-corrected chi connectivity index (χ0v) is 21.4. The Labute approximate surface area is 202 Å². The number of esters is 1. The lowest BCUT2D eigenvalue weighted by Gasteiger charge is -2.22. The second kappa shape index (κ2) is 21.1. The Bertz CT molecular complexity index is 538. The summed E-state index contributed by atoms with van der Waals surface area (Å²) in [6.07, 6.45) is 19.5. The first-order valence-corrected chi connectivity index (χ1v) is 13.4. The average Bonchev–Trinajstić information content (AvgIpc) is 3.32. The Kier molecular flexibility index (Phi) is 18.9. The summed E-state index contributed by atoms with van der Waals surface area (Å²) in [5.74, 6) is -0.402. The van der Waals surface area contributed by atoms with Crippen LogP contribution in [0.25, 0.3) is 0 Å². The third-order valence-electron chi connectivity index (χ3n) is 5.98. The molecule has 0 spiro atoms. The first-order chi connectivity index (χ1) is 16.2. The summed E-state index contributed by atoms with van der Waals surface area (Å²) >= 11 is 0. The molecule has 0 aliphatic carbocycles. The van der Waals surface area contributed by atoms with Crippen molar-refractivity contribution in [2.45, 2.75) is 103 Å². The average molecular weight is 467 g/mol. The summed E-state index contributed by atoms with van der Waals surface area (Å²) in [6.45, 7) is 9.09. The van der Waals surface area contributed by atoms with Gasteiger partial charge in [-0.2, -0.15) is 0 Å². The van der Waals surface area contributed by atoms with Gasteiger partial charge in [0.25, 0.3) is 0 Å². The maximum atomic E-state index is 12.0. The molecule has 0 aromatic carbocycles. The van der Waals surface area contributed by atoms with E-state index in [1.807, 2.05) is 0 Å². The van der Waals surface area contributed by atoms with Gasteiger partial charge < -0.3 is 25.1 Å². The van der Waals surface area contributed by atoms with Crippen LogP contribution >= 0.6 is 0 Å². The second-order valence-electron chi connectivity index (χ2n) is 9.04. The molecule has 0 aliphatic heterocycles. The fourth-order valence-electron chi connectivity index (χ4n) is 3.89. The van der Waals surface area contributed by atoms with Gasteiger partial charge in [-0.1, -0.05) is 78.1 Å². The number of imidazole rings is 1. The van der Waals surface area contributed by atoms with E-state index < -0.39 is 12.0 Å². The number of H-pyrrole nitrogens is 1. The highest BCUT2D eigenvalue weighted by Gasteiger charge is 2.16. The molecule has 0 amide bonds. The van der Waals surface area contributed by atoms with Gasteiger partial charge in [-0.3, -0.25) is 4.79 Å². The first-order valence-electron chi connectivity index (χ1n) is 13.4. The lowest BCUT2D eigenvalue weighted by molar-refractivity contribution is -0.146. The predicted molar refractivity (Wildman–Crippen MR) is 135 cm³/mol. The maximum absolute atomic E-state index is 12.0. The highest BCUT2D eigenvalue weighted by Crippen LogP contribution is 2.09. The molecule has 0 saturated carbocycles. The maximum Gasteiger partial charge on any atom is 0.323 e. The normalized spacial score (nSPS) is 12.4. The van der Waals surface area contributed by atoms with Gasteiger partial charge >= 0.3 is 5.97 Å². The quantitative estimate of drug-likeness (QED) is 0.177. The molecule has 192 valence electrons. The minimum absolute atomic E-state index is 0.240. The van der Waals surface area contributed by atoms with Crippen molar-refractivity contribution in [3.8, 4) is 0 Å². The molecule has 1 rings (SSSR count). The first kappa shape index (κ1) is 29.6. The van der Waals surface area contributed by atoms with Gasteiger partial charge in [-0.05, 0) is 25.9 Å². The number of hydrogen-bond donors (Lipinski definition) is 2. The Morgan fingerprint density at radius 2 is 1.52 bits per heavy atom. The van der Waals surface area contributed by atoms with Crippen molar-refractivity contribution < 1.29 is 14.3 Å². The van der Waals surface area contributed by atoms with Gasteiger partial charge in [0.15, 0.2) is 0 Å². The Balaban J connectivity index is 2.15. The number of aromatic nitrogens is 2. The largest absolute Gasteiger partial charge is 0.462 e. The van der Waals surface area contributed by atoms with E-state index in [-0.39, 0.29) is 6.61 Å². The van der Waals surface area contributed by atoms with Crippen molar-refractivity contribution in [1.29, 1.82) is 0 Å². The zero-order valence-electron chi connectivity index (χ0n) is 21.4. The number of unbranched alkanes of at least 4 members (excludes halogenated alkanes) is 10. The molecule has 0 radical (unpaired) electrons. The van der Waals surface area contributed by atoms with Crippen LogP contribution in [0.1, 0.15) is 96.6 Å². The molecule has 1 heterocycles. The highest BCUT2D eigenvalue weighted by molar-refractivity contribution is 5.75. The van der Waals surface area contributed by atoms with Crippen molar-refractivity contribution in [2.75, 3.05) is 39.5 Å². The van der Waals surface area contributed by atoms with Crippen molar-refractivity contribution in [1.82, 2.24) is 14.9 Å². The van der Waals surface area contributed by atoms with E-state index in [9.17, 15) is 4.79 Å². The van der Waals surface area contributed by atoms with E-state index in [0.29, 0.717) is 19.6 Å². The molecule has 7 heteroatoms. The topological polar surface area (TPSA) is 93.5 Å². The molecular formula is C26H50N4O3. The molecule has 1 unspecified atom stereocenters. The molecule has 0 saturated heterocycles. The van der Waals surface area contributed by atoms with Gasteiger partial charge in [0, 0.05) is 24.9 Å². The van der Waals surface area contributed by atoms with Crippen LogP contribution < -0.4 is 5.73 Å². The molecule has 0 fully saturated rings. The summed E-state index contributed by atoms with van der Waals surface area (Å²) in [5, 5.41) is 0. The molecule has 0 bridgehead atoms. The molecule has 0 aliphatic rings. The number of rotatable bonds is 23. The molecule has 7 nitrogen and oxygen atoms in total. The number of ether oxygens (including phenoxy) is 2. The number of nitrogens with one attached hydrogen (secondary N) is 1. The summed E-state index contributed by atoms with van der Waals surface area (Å²) in [4.78, 5) is 21.4. The molecule has 1 aromatic rings. The van der Waals surface area contributed by atoms with Crippen molar-refractivity contribution in [2.24, 2.45) is 5.73 Å². The number of aromatic amines is 1. The minimum Gasteiger partial charge on any atom is -0.462 e. The van der Waals surface area contributed by atoms with Gasteiger partial charge in [-0.25, -0.2) is 4.98 Å². The molecule has 3 N–H and O–H groups in total.